The molecule has 1 saturated heterocycles. The van der Waals surface area contributed by atoms with Gasteiger partial charge in [0.2, 0.25) is 5.91 Å². The third kappa shape index (κ3) is 2.03. The van der Waals surface area contributed by atoms with Crippen molar-refractivity contribution in [2.75, 3.05) is 11.4 Å². The van der Waals surface area contributed by atoms with Crippen molar-refractivity contribution >= 4 is 17.7 Å². The van der Waals surface area contributed by atoms with Crippen LogP contribution in [0.3, 0.4) is 0 Å². The molecule has 1 amide bonds. The Morgan fingerprint density at radius 2 is 2.20 bits per heavy atom. The number of aromatic nitrogens is 4. The molecule has 8 heteroatoms. The molecule has 2 saturated carbocycles. The van der Waals surface area contributed by atoms with E-state index in [0.717, 1.165) is 36.9 Å². The summed E-state index contributed by atoms with van der Waals surface area (Å²) in [6.07, 6.45) is 6.03. The van der Waals surface area contributed by atoms with Crippen LogP contribution < -0.4 is 4.90 Å². The van der Waals surface area contributed by atoms with Gasteiger partial charge in [0, 0.05) is 24.2 Å². The first-order valence-electron chi connectivity index (χ1n) is 8.44. The number of carboxylic acids is 1. The number of anilines is 1. The molecule has 0 unspecified atom stereocenters. The van der Waals surface area contributed by atoms with Gasteiger partial charge in [-0.05, 0) is 43.7 Å². The summed E-state index contributed by atoms with van der Waals surface area (Å²) < 4.78 is 1.64. The van der Waals surface area contributed by atoms with Crippen LogP contribution in [0.25, 0.3) is 0 Å². The average Bonchev–Trinajstić information content (AvgIpc) is 3.47. The minimum absolute atomic E-state index is 0.0598. The zero-order valence-electron chi connectivity index (χ0n) is 13.7. The Morgan fingerprint density at radius 3 is 2.76 bits per heavy atom. The number of fused-ring (bicyclic) bond motifs is 1. The summed E-state index contributed by atoms with van der Waals surface area (Å²) in [6, 6.07) is 1.95. The van der Waals surface area contributed by atoms with E-state index >= 15 is 0 Å². The van der Waals surface area contributed by atoms with E-state index in [0.29, 0.717) is 11.7 Å². The number of piperidine rings is 1. The molecular formula is C17H17N5O3. The Kier molecular flexibility index (Phi) is 2.71. The number of aromatic carboxylic acids is 1. The summed E-state index contributed by atoms with van der Waals surface area (Å²) in [5.74, 6) is 0.528. The summed E-state index contributed by atoms with van der Waals surface area (Å²) >= 11 is 0. The molecule has 0 bridgehead atoms. The number of hydrogen-bond donors (Lipinski definition) is 1. The average molecular weight is 339 g/mol. The highest BCUT2D eigenvalue weighted by molar-refractivity contribution is 5.99. The quantitative estimate of drug-likeness (QED) is 0.898. The molecule has 0 aromatic carbocycles. The number of carbonyl (C=O) groups is 2. The molecule has 128 valence electrons. The maximum absolute atomic E-state index is 12.2. The summed E-state index contributed by atoms with van der Waals surface area (Å²) in [7, 11) is 0. The number of aryl methyl sites for hydroxylation is 1. The monoisotopic (exact) mass is 339 g/mol. The van der Waals surface area contributed by atoms with Crippen molar-refractivity contribution in [2.45, 2.75) is 31.7 Å². The Morgan fingerprint density at radius 1 is 1.40 bits per heavy atom. The molecule has 2 atom stereocenters. The van der Waals surface area contributed by atoms with Gasteiger partial charge in [0.25, 0.3) is 0 Å². The van der Waals surface area contributed by atoms with E-state index in [2.05, 4.69) is 15.3 Å². The molecule has 3 heterocycles. The predicted octanol–water partition coefficient (Wildman–Crippen LogP) is 1.20. The molecule has 2 aromatic rings. The summed E-state index contributed by atoms with van der Waals surface area (Å²) in [5, 5.41) is 16.8. The lowest BCUT2D eigenvalue weighted by Gasteiger charge is -2.21. The van der Waals surface area contributed by atoms with Gasteiger partial charge in [-0.2, -0.15) is 0 Å². The third-order valence-corrected chi connectivity index (χ3v) is 5.67. The van der Waals surface area contributed by atoms with Crippen molar-refractivity contribution in [2.24, 2.45) is 11.8 Å². The molecule has 0 radical (unpaired) electrons. The van der Waals surface area contributed by atoms with Crippen LogP contribution in [0.5, 0.6) is 0 Å². The highest BCUT2D eigenvalue weighted by Crippen LogP contribution is 2.51. The zero-order valence-corrected chi connectivity index (χ0v) is 13.7. The van der Waals surface area contributed by atoms with Crippen molar-refractivity contribution in [3.8, 4) is 0 Å². The lowest BCUT2D eigenvalue weighted by Crippen LogP contribution is -2.29. The van der Waals surface area contributed by atoms with Crippen LogP contribution in [-0.4, -0.2) is 43.5 Å². The first-order chi connectivity index (χ1) is 12.0. The molecule has 5 rings (SSSR count). The van der Waals surface area contributed by atoms with E-state index < -0.39 is 5.97 Å². The van der Waals surface area contributed by atoms with Crippen LogP contribution in [0.15, 0.2) is 18.5 Å². The Balaban J connectivity index is 1.47. The first kappa shape index (κ1) is 14.6. The van der Waals surface area contributed by atoms with E-state index in [1.165, 1.54) is 6.20 Å². The number of carbonyl (C=O) groups excluding carboxylic acids is 1. The minimum Gasteiger partial charge on any atom is -0.476 e. The van der Waals surface area contributed by atoms with Crippen molar-refractivity contribution in [3.63, 3.8) is 0 Å². The normalized spacial score (nSPS) is 25.8. The van der Waals surface area contributed by atoms with Gasteiger partial charge in [-0.25, -0.2) is 14.5 Å². The van der Waals surface area contributed by atoms with Crippen molar-refractivity contribution < 1.29 is 14.7 Å². The van der Waals surface area contributed by atoms with Crippen LogP contribution >= 0.6 is 0 Å². The number of nitrogens with zero attached hydrogens (tertiary/aromatic N) is 5. The van der Waals surface area contributed by atoms with Gasteiger partial charge >= 0.3 is 5.97 Å². The maximum Gasteiger partial charge on any atom is 0.358 e. The molecule has 25 heavy (non-hydrogen) atoms. The molecule has 2 aliphatic carbocycles. The molecular weight excluding hydrogens is 322 g/mol. The molecule has 8 nitrogen and oxygen atoms in total. The smallest absolute Gasteiger partial charge is 0.358 e. The Hall–Kier alpha value is -2.77. The van der Waals surface area contributed by atoms with Crippen LogP contribution in [0.4, 0.5) is 5.82 Å². The fourth-order valence-corrected chi connectivity index (χ4v) is 3.97. The summed E-state index contributed by atoms with van der Waals surface area (Å²) in [5.41, 5.74) is 1.61. The van der Waals surface area contributed by atoms with Crippen LogP contribution in [0.2, 0.25) is 0 Å². The molecule has 3 fully saturated rings. The maximum atomic E-state index is 12.2. The lowest BCUT2D eigenvalue weighted by molar-refractivity contribution is -0.118. The fourth-order valence-electron chi connectivity index (χ4n) is 3.97. The van der Waals surface area contributed by atoms with Gasteiger partial charge in [0.05, 0.1) is 11.7 Å². The molecule has 1 N–H and O–H groups in total. The van der Waals surface area contributed by atoms with Gasteiger partial charge in [-0.15, -0.1) is 5.10 Å². The van der Waals surface area contributed by atoms with Crippen molar-refractivity contribution in [1.29, 1.82) is 0 Å². The van der Waals surface area contributed by atoms with Crippen LogP contribution in [-0.2, 0) is 10.3 Å². The molecule has 1 aliphatic heterocycles. The number of pyridine rings is 1. The van der Waals surface area contributed by atoms with E-state index in [9.17, 15) is 9.59 Å². The van der Waals surface area contributed by atoms with Crippen LogP contribution in [0.1, 0.15) is 40.9 Å². The predicted molar refractivity (Wildman–Crippen MR) is 86.2 cm³/mol. The van der Waals surface area contributed by atoms with Crippen molar-refractivity contribution in [1.82, 2.24) is 20.0 Å². The zero-order chi connectivity index (χ0) is 17.3. The van der Waals surface area contributed by atoms with E-state index in [4.69, 9.17) is 5.11 Å². The number of hydrogen-bond acceptors (Lipinski definition) is 5. The second-order valence-corrected chi connectivity index (χ2v) is 7.29. The summed E-state index contributed by atoms with van der Waals surface area (Å²) in [6.45, 7) is 2.77. The standard InChI is InChI=1S/C17H17N5O3/c1-9-4-14(21-7-10-5-11(10)15(21)23)18-6-12(9)17(2-3-17)22-8-13(16(24)25)19-20-22/h4,6,8,10-11H,2-3,5,7H2,1H3,(H,24,25)/t10-,11-/m1/s1. The largest absolute Gasteiger partial charge is 0.476 e. The Labute approximate surface area is 143 Å². The summed E-state index contributed by atoms with van der Waals surface area (Å²) in [4.78, 5) is 29.6. The second-order valence-electron chi connectivity index (χ2n) is 7.29. The first-order valence-corrected chi connectivity index (χ1v) is 8.44. The van der Waals surface area contributed by atoms with E-state index in [-0.39, 0.29) is 23.1 Å². The van der Waals surface area contributed by atoms with Gasteiger partial charge in [-0.3, -0.25) is 9.69 Å². The number of amides is 1. The van der Waals surface area contributed by atoms with Gasteiger partial charge in [-0.1, -0.05) is 5.21 Å². The lowest BCUT2D eigenvalue weighted by atomic mass is 10.0. The Bertz CT molecular complexity index is 917. The van der Waals surface area contributed by atoms with Crippen molar-refractivity contribution in [3.05, 3.63) is 35.3 Å². The SMILES string of the molecule is Cc1cc(N2C[C@H]3C[C@H]3C2=O)ncc1C1(n2cc(C(=O)O)nn2)CC1. The van der Waals surface area contributed by atoms with E-state index in [1.54, 1.807) is 15.8 Å². The van der Waals surface area contributed by atoms with E-state index in [1.807, 2.05) is 13.0 Å². The van der Waals surface area contributed by atoms with Gasteiger partial charge in [0.15, 0.2) is 5.69 Å². The topological polar surface area (TPSA) is 101 Å². The molecule has 2 aromatic heterocycles. The second kappa shape index (κ2) is 4.65. The number of rotatable bonds is 4. The highest BCUT2D eigenvalue weighted by atomic mass is 16.4. The highest BCUT2D eigenvalue weighted by Gasteiger charge is 2.53. The minimum atomic E-state index is -1.08. The molecule has 0 spiro atoms. The molecule has 3 aliphatic rings. The van der Waals surface area contributed by atoms with Crippen LogP contribution in [0, 0.1) is 18.8 Å². The van der Waals surface area contributed by atoms with Gasteiger partial charge in [0.1, 0.15) is 5.82 Å². The third-order valence-electron chi connectivity index (χ3n) is 5.67. The fraction of sp³-hybridized carbons (Fsp3) is 0.471. The number of carboxylic acid groups (broad SMARTS) is 1. The van der Waals surface area contributed by atoms with Gasteiger partial charge < -0.3 is 5.11 Å².